The van der Waals surface area contributed by atoms with Crippen LogP contribution in [0, 0.1) is 0 Å². The van der Waals surface area contributed by atoms with Crippen LogP contribution in [0.3, 0.4) is 0 Å². The van der Waals surface area contributed by atoms with E-state index < -0.39 is 0 Å². The zero-order valence-corrected chi connectivity index (χ0v) is 12.8. The molecule has 4 rings (SSSR count). The number of para-hydroxylation sites is 1. The molecule has 5 nitrogen and oxygen atoms in total. The zero-order valence-electron chi connectivity index (χ0n) is 12.8. The normalized spacial score (nSPS) is 17.8. The van der Waals surface area contributed by atoms with Crippen molar-refractivity contribution in [3.8, 4) is 0 Å². The summed E-state index contributed by atoms with van der Waals surface area (Å²) in [6.45, 7) is 3.91. The fourth-order valence-electron chi connectivity index (χ4n) is 3.23. The molecule has 0 spiro atoms. The molecule has 2 N–H and O–H groups in total. The van der Waals surface area contributed by atoms with Crippen molar-refractivity contribution in [2.24, 2.45) is 0 Å². The van der Waals surface area contributed by atoms with E-state index in [2.05, 4.69) is 56.3 Å². The van der Waals surface area contributed by atoms with Crippen molar-refractivity contribution in [1.82, 2.24) is 25.1 Å². The third-order valence-corrected chi connectivity index (χ3v) is 4.47. The largest absolute Gasteiger partial charge is 0.361 e. The average Bonchev–Trinajstić information content (AvgIpc) is 3.18. The van der Waals surface area contributed by atoms with Gasteiger partial charge >= 0.3 is 0 Å². The summed E-state index contributed by atoms with van der Waals surface area (Å²) in [5.74, 6) is 2.10. The summed E-state index contributed by atoms with van der Waals surface area (Å²) in [5, 5.41) is 9.53. The first-order valence-corrected chi connectivity index (χ1v) is 8.04. The minimum Gasteiger partial charge on any atom is -0.361 e. The van der Waals surface area contributed by atoms with E-state index in [1.54, 1.807) is 0 Å². The first kappa shape index (κ1) is 13.5. The number of nitrogens with zero attached hydrogens (tertiary/aromatic N) is 3. The molecule has 5 heteroatoms. The molecule has 1 aliphatic rings. The lowest BCUT2D eigenvalue weighted by molar-refractivity contribution is 0.358. The molecule has 1 unspecified atom stereocenters. The standard InChI is InChI=1S/C17H21N5/c1-2-15-20-16-7-6-14(11-22(16)21-15)19-10-13-5-3-4-12-8-9-18-17(12)13/h3-5,8-9,14,18-19H,2,6-7,10-11H2,1H3. The van der Waals surface area contributed by atoms with E-state index in [9.17, 15) is 0 Å². The second kappa shape index (κ2) is 5.57. The molecular formula is C17H21N5. The highest BCUT2D eigenvalue weighted by atomic mass is 15.4. The quantitative estimate of drug-likeness (QED) is 0.777. The van der Waals surface area contributed by atoms with E-state index >= 15 is 0 Å². The van der Waals surface area contributed by atoms with Gasteiger partial charge in [-0.15, -0.1) is 0 Å². The Labute approximate surface area is 129 Å². The van der Waals surface area contributed by atoms with Crippen molar-refractivity contribution in [3.05, 3.63) is 47.7 Å². The van der Waals surface area contributed by atoms with Gasteiger partial charge in [-0.2, -0.15) is 5.10 Å². The maximum atomic E-state index is 4.58. The van der Waals surface area contributed by atoms with Gasteiger partial charge in [0.15, 0.2) is 5.82 Å². The third kappa shape index (κ3) is 2.41. The van der Waals surface area contributed by atoms with Crippen LogP contribution < -0.4 is 5.32 Å². The topological polar surface area (TPSA) is 58.5 Å². The lowest BCUT2D eigenvalue weighted by atomic mass is 10.1. The fraction of sp³-hybridized carbons (Fsp3) is 0.412. The Balaban J connectivity index is 1.45. The Kier molecular flexibility index (Phi) is 3.42. The molecule has 1 atom stereocenters. The Hall–Kier alpha value is -2.14. The number of hydrogen-bond acceptors (Lipinski definition) is 3. The SMILES string of the molecule is CCc1nc2n(n1)CC(NCc1cccc3cc[nH]c13)CC2. The van der Waals surface area contributed by atoms with Gasteiger partial charge in [-0.1, -0.05) is 25.1 Å². The van der Waals surface area contributed by atoms with Crippen LogP contribution in [-0.2, 0) is 25.9 Å². The van der Waals surface area contributed by atoms with Gasteiger partial charge in [0.05, 0.1) is 6.54 Å². The summed E-state index contributed by atoms with van der Waals surface area (Å²) in [5.41, 5.74) is 2.56. The van der Waals surface area contributed by atoms with E-state index in [4.69, 9.17) is 0 Å². The van der Waals surface area contributed by atoms with E-state index in [0.717, 1.165) is 44.0 Å². The molecule has 1 aromatic carbocycles. The van der Waals surface area contributed by atoms with E-state index in [-0.39, 0.29) is 0 Å². The molecule has 1 aliphatic heterocycles. The number of benzene rings is 1. The second-order valence-corrected chi connectivity index (χ2v) is 5.96. The maximum Gasteiger partial charge on any atom is 0.150 e. The second-order valence-electron chi connectivity index (χ2n) is 5.96. The highest BCUT2D eigenvalue weighted by Gasteiger charge is 2.21. The lowest BCUT2D eigenvalue weighted by Crippen LogP contribution is -2.37. The van der Waals surface area contributed by atoms with Crippen LogP contribution in [0.15, 0.2) is 30.5 Å². The van der Waals surface area contributed by atoms with Gasteiger partial charge in [-0.25, -0.2) is 9.67 Å². The average molecular weight is 295 g/mol. The van der Waals surface area contributed by atoms with Gasteiger partial charge < -0.3 is 10.3 Å². The van der Waals surface area contributed by atoms with E-state index in [0.29, 0.717) is 6.04 Å². The molecule has 0 aliphatic carbocycles. The van der Waals surface area contributed by atoms with Crippen molar-refractivity contribution in [2.45, 2.75) is 45.3 Å². The van der Waals surface area contributed by atoms with E-state index in [1.165, 1.54) is 16.5 Å². The first-order chi connectivity index (χ1) is 10.8. The molecule has 0 amide bonds. The number of rotatable bonds is 4. The number of aryl methyl sites for hydroxylation is 2. The molecule has 0 fully saturated rings. The smallest absolute Gasteiger partial charge is 0.150 e. The van der Waals surface area contributed by atoms with Crippen LogP contribution in [-0.4, -0.2) is 25.8 Å². The number of hydrogen-bond donors (Lipinski definition) is 2. The minimum atomic E-state index is 0.462. The van der Waals surface area contributed by atoms with Crippen LogP contribution in [0.4, 0.5) is 0 Å². The summed E-state index contributed by atoms with van der Waals surface area (Å²) in [6.07, 6.45) is 5.05. The number of aromatic amines is 1. The van der Waals surface area contributed by atoms with Crippen LogP contribution in [0.5, 0.6) is 0 Å². The zero-order chi connectivity index (χ0) is 14.9. The molecule has 3 aromatic rings. The summed E-state index contributed by atoms with van der Waals surface area (Å²) < 4.78 is 2.08. The highest BCUT2D eigenvalue weighted by molar-refractivity contribution is 5.82. The fourth-order valence-corrected chi connectivity index (χ4v) is 3.23. The summed E-state index contributed by atoms with van der Waals surface area (Å²) in [4.78, 5) is 7.91. The van der Waals surface area contributed by atoms with E-state index in [1.807, 2.05) is 6.20 Å². The van der Waals surface area contributed by atoms with Gasteiger partial charge in [-0.05, 0) is 23.4 Å². The van der Waals surface area contributed by atoms with Gasteiger partial charge in [0.2, 0.25) is 0 Å². The van der Waals surface area contributed by atoms with Gasteiger partial charge in [0.1, 0.15) is 5.82 Å². The molecule has 3 heterocycles. The molecule has 2 aromatic heterocycles. The molecule has 0 saturated heterocycles. The summed E-state index contributed by atoms with van der Waals surface area (Å²) >= 11 is 0. The van der Waals surface area contributed by atoms with Crippen LogP contribution in [0.1, 0.15) is 30.6 Å². The summed E-state index contributed by atoms with van der Waals surface area (Å²) in [7, 11) is 0. The molecule has 0 bridgehead atoms. The molecular weight excluding hydrogens is 274 g/mol. The third-order valence-electron chi connectivity index (χ3n) is 4.47. The van der Waals surface area contributed by atoms with Gasteiger partial charge in [0, 0.05) is 37.1 Å². The number of nitrogens with one attached hydrogen (secondary N) is 2. The predicted octanol–water partition coefficient (Wildman–Crippen LogP) is 2.43. The van der Waals surface area contributed by atoms with Crippen LogP contribution in [0.25, 0.3) is 10.9 Å². The Morgan fingerprint density at radius 3 is 3.23 bits per heavy atom. The predicted molar refractivity (Wildman–Crippen MR) is 86.6 cm³/mol. The molecule has 0 radical (unpaired) electrons. The maximum absolute atomic E-state index is 4.58. The minimum absolute atomic E-state index is 0.462. The Bertz CT molecular complexity index is 785. The highest BCUT2D eigenvalue weighted by Crippen LogP contribution is 2.18. The monoisotopic (exact) mass is 295 g/mol. The van der Waals surface area contributed by atoms with Crippen molar-refractivity contribution in [2.75, 3.05) is 0 Å². The molecule has 22 heavy (non-hydrogen) atoms. The number of fused-ring (bicyclic) bond motifs is 2. The number of aromatic nitrogens is 4. The van der Waals surface area contributed by atoms with Crippen molar-refractivity contribution < 1.29 is 0 Å². The lowest BCUT2D eigenvalue weighted by Gasteiger charge is -2.23. The first-order valence-electron chi connectivity index (χ1n) is 8.04. The van der Waals surface area contributed by atoms with Gasteiger partial charge in [-0.3, -0.25) is 0 Å². The number of H-pyrrole nitrogens is 1. The molecule has 114 valence electrons. The van der Waals surface area contributed by atoms with Crippen molar-refractivity contribution in [1.29, 1.82) is 0 Å². The van der Waals surface area contributed by atoms with Crippen molar-refractivity contribution in [3.63, 3.8) is 0 Å². The van der Waals surface area contributed by atoms with Crippen LogP contribution in [0.2, 0.25) is 0 Å². The van der Waals surface area contributed by atoms with Crippen molar-refractivity contribution >= 4 is 10.9 Å². The Morgan fingerprint density at radius 1 is 1.36 bits per heavy atom. The van der Waals surface area contributed by atoms with Crippen LogP contribution >= 0.6 is 0 Å². The van der Waals surface area contributed by atoms with Gasteiger partial charge in [0.25, 0.3) is 0 Å². The molecule has 0 saturated carbocycles. The Morgan fingerprint density at radius 2 is 2.32 bits per heavy atom. The summed E-state index contributed by atoms with van der Waals surface area (Å²) in [6, 6.07) is 9.03.